The zero-order chi connectivity index (χ0) is 21.7. The van der Waals surface area contributed by atoms with E-state index in [9.17, 15) is 30.4 Å². The van der Waals surface area contributed by atoms with Crippen LogP contribution in [0.5, 0.6) is 0 Å². The van der Waals surface area contributed by atoms with Crippen LogP contribution in [0.15, 0.2) is 16.3 Å². The average molecular weight is 472 g/mol. The van der Waals surface area contributed by atoms with Gasteiger partial charge in [-0.25, -0.2) is 30.4 Å². The molecule has 0 saturated carbocycles. The SMILES string of the molecule is Cc1nn(Cc2c(F)c(F)c(F)c(F)c2F)c(C)c1NS(=O)(=O)c1ccc(Cl)s1. The third-order valence-corrected chi connectivity index (χ3v) is 7.11. The molecule has 0 unspecified atom stereocenters. The summed E-state index contributed by atoms with van der Waals surface area (Å²) in [6, 6.07) is 2.69. The largest absolute Gasteiger partial charge is 0.275 e. The van der Waals surface area contributed by atoms with Crippen LogP contribution in [0, 0.1) is 42.9 Å². The minimum atomic E-state index is -4.02. The van der Waals surface area contributed by atoms with Gasteiger partial charge in [0.2, 0.25) is 5.82 Å². The molecule has 0 radical (unpaired) electrons. The highest BCUT2D eigenvalue weighted by molar-refractivity contribution is 7.94. The van der Waals surface area contributed by atoms with Crippen LogP contribution < -0.4 is 4.72 Å². The Balaban J connectivity index is 2.00. The van der Waals surface area contributed by atoms with E-state index in [-0.39, 0.29) is 25.6 Å². The van der Waals surface area contributed by atoms with E-state index in [1.165, 1.54) is 26.0 Å². The first-order valence-electron chi connectivity index (χ1n) is 7.76. The summed E-state index contributed by atoms with van der Waals surface area (Å²) in [5.41, 5.74) is -0.833. The lowest BCUT2D eigenvalue weighted by atomic mass is 10.1. The Morgan fingerprint density at radius 2 is 1.59 bits per heavy atom. The fraction of sp³-hybridized carbons (Fsp3) is 0.188. The van der Waals surface area contributed by atoms with E-state index in [4.69, 9.17) is 11.6 Å². The van der Waals surface area contributed by atoms with E-state index >= 15 is 0 Å². The Kier molecular flexibility index (Phi) is 5.62. The number of nitrogens with one attached hydrogen (secondary N) is 1. The van der Waals surface area contributed by atoms with Crippen molar-refractivity contribution in [2.24, 2.45) is 0 Å². The van der Waals surface area contributed by atoms with Gasteiger partial charge < -0.3 is 0 Å². The molecule has 0 bridgehead atoms. The first kappa shape index (κ1) is 21.5. The molecule has 0 amide bonds. The Labute approximate surface area is 170 Å². The molecule has 29 heavy (non-hydrogen) atoms. The fourth-order valence-corrected chi connectivity index (χ4v) is 5.22. The third kappa shape index (κ3) is 3.83. The van der Waals surface area contributed by atoms with Gasteiger partial charge in [0.25, 0.3) is 10.0 Å². The van der Waals surface area contributed by atoms with Gasteiger partial charge in [0.1, 0.15) is 4.21 Å². The van der Waals surface area contributed by atoms with Crippen LogP contribution in [0.4, 0.5) is 27.6 Å². The van der Waals surface area contributed by atoms with Gasteiger partial charge in [0, 0.05) is 0 Å². The third-order valence-electron chi connectivity index (χ3n) is 4.04. The van der Waals surface area contributed by atoms with Crippen LogP contribution in [0.2, 0.25) is 4.34 Å². The first-order valence-corrected chi connectivity index (χ1v) is 10.4. The average Bonchev–Trinajstić information content (AvgIpc) is 3.21. The highest BCUT2D eigenvalue weighted by Crippen LogP contribution is 2.30. The Morgan fingerprint density at radius 3 is 2.10 bits per heavy atom. The van der Waals surface area contributed by atoms with Crippen LogP contribution in [-0.4, -0.2) is 18.2 Å². The number of aryl methyl sites for hydroxylation is 1. The molecule has 0 atom stereocenters. The molecule has 0 fully saturated rings. The van der Waals surface area contributed by atoms with Crippen LogP contribution in [0.3, 0.4) is 0 Å². The first-order chi connectivity index (χ1) is 13.4. The lowest BCUT2D eigenvalue weighted by Gasteiger charge is -2.10. The van der Waals surface area contributed by atoms with Crippen molar-refractivity contribution in [3.8, 4) is 0 Å². The smallest absolute Gasteiger partial charge is 0.271 e. The number of halogens is 6. The zero-order valence-electron chi connectivity index (χ0n) is 14.7. The molecule has 0 spiro atoms. The van der Waals surface area contributed by atoms with Crippen molar-refractivity contribution in [2.45, 2.75) is 24.6 Å². The van der Waals surface area contributed by atoms with Gasteiger partial charge in [-0.3, -0.25) is 9.40 Å². The summed E-state index contributed by atoms with van der Waals surface area (Å²) in [4.78, 5) is 0. The molecule has 0 saturated heterocycles. The minimum absolute atomic E-state index is 0.0124. The summed E-state index contributed by atoms with van der Waals surface area (Å²) in [7, 11) is -4.02. The topological polar surface area (TPSA) is 64.0 Å². The zero-order valence-corrected chi connectivity index (χ0v) is 17.0. The molecule has 0 aliphatic rings. The number of aromatic nitrogens is 2. The standard InChI is InChI=1S/C16H11ClF5N3O2S2/c1-6-16(24-29(26,27)10-4-3-9(17)28-10)7(2)25(23-6)5-8-11(18)13(20)15(22)14(21)12(8)19/h3-4,24H,5H2,1-2H3. The lowest BCUT2D eigenvalue weighted by molar-refractivity contribution is 0.366. The fourth-order valence-electron chi connectivity index (χ4n) is 2.56. The molecule has 0 aliphatic heterocycles. The van der Waals surface area contributed by atoms with Gasteiger partial charge in [-0.15, -0.1) is 11.3 Å². The summed E-state index contributed by atoms with van der Waals surface area (Å²) >= 11 is 6.56. The molecule has 3 rings (SSSR count). The molecule has 3 aromatic rings. The van der Waals surface area contributed by atoms with E-state index in [1.807, 2.05) is 0 Å². The number of hydrogen-bond acceptors (Lipinski definition) is 4. The Hall–Kier alpha value is -2.18. The summed E-state index contributed by atoms with van der Waals surface area (Å²) in [5, 5.41) is 3.95. The number of anilines is 1. The number of nitrogens with zero attached hydrogens (tertiary/aromatic N) is 2. The van der Waals surface area contributed by atoms with Crippen molar-refractivity contribution in [2.75, 3.05) is 4.72 Å². The van der Waals surface area contributed by atoms with Gasteiger partial charge in [-0.05, 0) is 26.0 Å². The molecule has 1 aromatic carbocycles. The van der Waals surface area contributed by atoms with Crippen LogP contribution >= 0.6 is 22.9 Å². The molecule has 1 N–H and O–H groups in total. The van der Waals surface area contributed by atoms with Crippen molar-refractivity contribution in [3.63, 3.8) is 0 Å². The molecule has 5 nitrogen and oxygen atoms in total. The predicted octanol–water partition coefficient (Wildman–Crippen LogP) is 4.76. The second-order valence-corrected chi connectivity index (χ2v) is 9.54. The monoisotopic (exact) mass is 471 g/mol. The minimum Gasteiger partial charge on any atom is -0.275 e. The van der Waals surface area contributed by atoms with Crippen LogP contribution in [-0.2, 0) is 16.6 Å². The highest BCUT2D eigenvalue weighted by atomic mass is 35.5. The molecule has 2 heterocycles. The van der Waals surface area contributed by atoms with Crippen molar-refractivity contribution in [3.05, 3.63) is 62.5 Å². The molecular formula is C16H11ClF5N3O2S2. The van der Waals surface area contributed by atoms with E-state index in [1.54, 1.807) is 0 Å². The molecular weight excluding hydrogens is 461 g/mol. The summed E-state index contributed by atoms with van der Waals surface area (Å²) in [5.74, 6) is -10.4. The number of sulfonamides is 1. The van der Waals surface area contributed by atoms with Gasteiger partial charge >= 0.3 is 0 Å². The van der Waals surface area contributed by atoms with E-state index in [0.29, 0.717) is 0 Å². The second kappa shape index (κ2) is 7.58. The quantitative estimate of drug-likeness (QED) is 0.331. The molecule has 156 valence electrons. The highest BCUT2D eigenvalue weighted by Gasteiger charge is 2.27. The Morgan fingerprint density at radius 1 is 1.03 bits per heavy atom. The van der Waals surface area contributed by atoms with Crippen molar-refractivity contribution < 1.29 is 30.4 Å². The molecule has 13 heteroatoms. The second-order valence-electron chi connectivity index (χ2n) is 5.92. The maximum Gasteiger partial charge on any atom is 0.271 e. The Bertz CT molecular complexity index is 1190. The normalized spacial score (nSPS) is 11.9. The number of benzene rings is 1. The summed E-state index contributed by atoms with van der Waals surface area (Å²) < 4.78 is 96.2. The summed E-state index contributed by atoms with van der Waals surface area (Å²) in [6.45, 7) is 2.00. The van der Waals surface area contributed by atoms with Gasteiger partial charge in [-0.2, -0.15) is 5.10 Å². The van der Waals surface area contributed by atoms with Gasteiger partial charge in [0.05, 0.1) is 33.5 Å². The van der Waals surface area contributed by atoms with Crippen molar-refractivity contribution in [1.82, 2.24) is 9.78 Å². The lowest BCUT2D eigenvalue weighted by Crippen LogP contribution is -2.14. The maximum atomic E-state index is 13.9. The predicted molar refractivity (Wildman–Crippen MR) is 97.2 cm³/mol. The maximum absolute atomic E-state index is 13.9. The number of thiophene rings is 1. The van der Waals surface area contributed by atoms with E-state index in [0.717, 1.165) is 16.0 Å². The van der Waals surface area contributed by atoms with E-state index < -0.39 is 51.2 Å². The van der Waals surface area contributed by atoms with Crippen LogP contribution in [0.1, 0.15) is 17.0 Å². The van der Waals surface area contributed by atoms with E-state index in [2.05, 4.69) is 9.82 Å². The van der Waals surface area contributed by atoms with Crippen LogP contribution in [0.25, 0.3) is 0 Å². The number of hydrogen-bond donors (Lipinski definition) is 1. The summed E-state index contributed by atoms with van der Waals surface area (Å²) in [6.07, 6.45) is 0. The van der Waals surface area contributed by atoms with Gasteiger partial charge in [-0.1, -0.05) is 11.6 Å². The van der Waals surface area contributed by atoms with Gasteiger partial charge in [0.15, 0.2) is 23.3 Å². The molecule has 2 aromatic heterocycles. The number of rotatable bonds is 5. The van der Waals surface area contributed by atoms with Crippen molar-refractivity contribution in [1.29, 1.82) is 0 Å². The molecule has 0 aliphatic carbocycles. The van der Waals surface area contributed by atoms with Crippen molar-refractivity contribution >= 4 is 38.6 Å².